The van der Waals surface area contributed by atoms with E-state index in [4.69, 9.17) is 4.74 Å². The zero-order valence-electron chi connectivity index (χ0n) is 22.8. The minimum absolute atomic E-state index is 0.135. The number of amides is 2. The Hall–Kier alpha value is -4.74. The number of carbonyl (C=O) groups is 2. The van der Waals surface area contributed by atoms with E-state index in [0.717, 1.165) is 17.7 Å². The van der Waals surface area contributed by atoms with Crippen LogP contribution in [0, 0.1) is 11.6 Å². The molecule has 0 radical (unpaired) electrons. The number of nitrogens with one attached hydrogen (secondary N) is 3. The van der Waals surface area contributed by atoms with E-state index in [2.05, 4.69) is 25.6 Å². The van der Waals surface area contributed by atoms with Crippen molar-refractivity contribution < 1.29 is 28.2 Å². The van der Waals surface area contributed by atoms with Crippen LogP contribution >= 0.6 is 0 Å². The molecule has 1 fully saturated rings. The maximum absolute atomic E-state index is 14.4. The zero-order valence-corrected chi connectivity index (χ0v) is 22.8. The molecule has 1 saturated heterocycles. The van der Waals surface area contributed by atoms with Crippen LogP contribution in [0.15, 0.2) is 48.7 Å². The van der Waals surface area contributed by atoms with Crippen LogP contribution in [-0.4, -0.2) is 61.7 Å². The van der Waals surface area contributed by atoms with Crippen LogP contribution in [0.4, 0.5) is 25.1 Å². The van der Waals surface area contributed by atoms with E-state index < -0.39 is 23.3 Å². The molecule has 5 rings (SSSR count). The van der Waals surface area contributed by atoms with Crippen molar-refractivity contribution >= 4 is 34.4 Å². The highest BCUT2D eigenvalue weighted by atomic mass is 19.1. The molecule has 0 bridgehead atoms. The van der Waals surface area contributed by atoms with Gasteiger partial charge < -0.3 is 30.4 Å². The first-order valence-corrected chi connectivity index (χ1v) is 13.1. The minimum atomic E-state index is -0.812. The van der Waals surface area contributed by atoms with E-state index in [1.807, 2.05) is 20.8 Å². The van der Waals surface area contributed by atoms with Gasteiger partial charge in [0.1, 0.15) is 28.4 Å². The molecule has 41 heavy (non-hydrogen) atoms. The van der Waals surface area contributed by atoms with Gasteiger partial charge in [-0.3, -0.25) is 4.79 Å². The Labute approximate surface area is 234 Å². The summed E-state index contributed by atoms with van der Waals surface area (Å²) in [6, 6.07) is 10.3. The average molecular weight is 565 g/mol. The lowest BCUT2D eigenvalue weighted by Gasteiger charge is -2.24. The number of aromatic nitrogens is 3. The van der Waals surface area contributed by atoms with Crippen molar-refractivity contribution in [2.45, 2.75) is 45.3 Å². The molecule has 1 aliphatic heterocycles. The number of hydrogen-bond acceptors (Lipinski definition) is 7. The summed E-state index contributed by atoms with van der Waals surface area (Å²) in [7, 11) is 0. The van der Waals surface area contributed by atoms with Gasteiger partial charge in [0.2, 0.25) is 11.8 Å². The van der Waals surface area contributed by atoms with Gasteiger partial charge in [0.15, 0.2) is 5.82 Å². The molecule has 1 unspecified atom stereocenters. The third kappa shape index (κ3) is 6.37. The number of H-pyrrole nitrogens is 1. The van der Waals surface area contributed by atoms with Gasteiger partial charge in [-0.1, -0.05) is 18.2 Å². The summed E-state index contributed by atoms with van der Waals surface area (Å²) in [4.78, 5) is 37.7. The van der Waals surface area contributed by atoms with E-state index in [1.54, 1.807) is 29.2 Å². The molecule has 10 nitrogen and oxygen atoms in total. The summed E-state index contributed by atoms with van der Waals surface area (Å²) in [5.41, 5.74) is 0.625. The van der Waals surface area contributed by atoms with E-state index >= 15 is 0 Å². The van der Waals surface area contributed by atoms with Crippen LogP contribution in [0.3, 0.4) is 0 Å². The first kappa shape index (κ1) is 27.8. The van der Waals surface area contributed by atoms with E-state index in [0.29, 0.717) is 25.2 Å². The molecule has 1 atom stereocenters. The average Bonchev–Trinajstić information content (AvgIpc) is 3.51. The fraction of sp³-hybridized carbons (Fsp3) is 0.310. The van der Waals surface area contributed by atoms with Gasteiger partial charge in [-0.15, -0.1) is 0 Å². The number of carbonyl (C=O) groups excluding carboxylic acids is 2. The van der Waals surface area contributed by atoms with Crippen molar-refractivity contribution in [3.63, 3.8) is 0 Å². The Kier molecular flexibility index (Phi) is 7.48. The van der Waals surface area contributed by atoms with Crippen LogP contribution in [0.5, 0.6) is 5.88 Å². The SMILES string of the molecule is CC(C)(C)OC(=O)N1CCC(NC(=O)Cc2ccc(Nc3nc(-c4c(F)cccc4F)nc4c[nH]c(O)c34)cc2)C1. The molecule has 4 aromatic rings. The fourth-order valence-electron chi connectivity index (χ4n) is 4.62. The predicted octanol–water partition coefficient (Wildman–Crippen LogP) is 5.02. The molecule has 4 N–H and O–H groups in total. The van der Waals surface area contributed by atoms with Crippen molar-refractivity contribution in [3.8, 4) is 17.3 Å². The van der Waals surface area contributed by atoms with Crippen molar-refractivity contribution in [3.05, 3.63) is 65.9 Å². The molecule has 0 spiro atoms. The topological polar surface area (TPSA) is 132 Å². The third-order valence-electron chi connectivity index (χ3n) is 6.49. The number of halogens is 2. The smallest absolute Gasteiger partial charge is 0.410 e. The Morgan fingerprint density at radius 1 is 1.12 bits per heavy atom. The largest absolute Gasteiger partial charge is 0.494 e. The number of aromatic amines is 1. The van der Waals surface area contributed by atoms with Gasteiger partial charge in [-0.2, -0.15) is 0 Å². The number of rotatable bonds is 6. The van der Waals surface area contributed by atoms with Crippen LogP contribution in [0.1, 0.15) is 32.8 Å². The van der Waals surface area contributed by atoms with Gasteiger partial charge in [-0.05, 0) is 57.0 Å². The number of hydrogen-bond donors (Lipinski definition) is 4. The first-order valence-electron chi connectivity index (χ1n) is 13.1. The summed E-state index contributed by atoms with van der Waals surface area (Å²) < 4.78 is 34.3. The van der Waals surface area contributed by atoms with Gasteiger partial charge in [0.05, 0.1) is 17.5 Å². The van der Waals surface area contributed by atoms with Gasteiger partial charge >= 0.3 is 6.09 Å². The second kappa shape index (κ2) is 11.0. The molecule has 2 aromatic heterocycles. The predicted molar refractivity (Wildman–Crippen MR) is 149 cm³/mol. The normalized spacial score (nSPS) is 15.2. The maximum atomic E-state index is 14.4. The maximum Gasteiger partial charge on any atom is 0.410 e. The lowest BCUT2D eigenvalue weighted by molar-refractivity contribution is -0.121. The van der Waals surface area contributed by atoms with Gasteiger partial charge in [0, 0.05) is 31.0 Å². The number of anilines is 2. The Balaban J connectivity index is 1.25. The fourth-order valence-corrected chi connectivity index (χ4v) is 4.62. The minimum Gasteiger partial charge on any atom is -0.494 e. The third-order valence-corrected chi connectivity index (χ3v) is 6.49. The van der Waals surface area contributed by atoms with Crippen molar-refractivity contribution in [1.29, 1.82) is 0 Å². The van der Waals surface area contributed by atoms with Crippen LogP contribution in [0.2, 0.25) is 0 Å². The lowest BCUT2D eigenvalue weighted by Crippen LogP contribution is -2.40. The molecule has 0 aliphatic carbocycles. The van der Waals surface area contributed by atoms with Crippen molar-refractivity contribution in [2.75, 3.05) is 18.4 Å². The summed E-state index contributed by atoms with van der Waals surface area (Å²) in [6.07, 6.45) is 1.80. The molecule has 2 amide bonds. The van der Waals surface area contributed by atoms with E-state index in [1.165, 1.54) is 12.3 Å². The zero-order chi connectivity index (χ0) is 29.3. The summed E-state index contributed by atoms with van der Waals surface area (Å²) in [6.45, 7) is 6.33. The van der Waals surface area contributed by atoms with E-state index in [9.17, 15) is 23.5 Å². The molecule has 214 valence electrons. The molecule has 3 heterocycles. The molecule has 1 aliphatic rings. The van der Waals surface area contributed by atoms with Gasteiger partial charge in [-0.25, -0.2) is 23.5 Å². The summed E-state index contributed by atoms with van der Waals surface area (Å²) >= 11 is 0. The second-order valence-electron chi connectivity index (χ2n) is 10.9. The monoisotopic (exact) mass is 564 g/mol. The molecular formula is C29H30F2N6O4. The highest BCUT2D eigenvalue weighted by molar-refractivity contribution is 5.96. The molecule has 0 saturated carbocycles. The first-order chi connectivity index (χ1) is 19.5. The number of benzene rings is 2. The number of nitrogens with zero attached hydrogens (tertiary/aromatic N) is 3. The van der Waals surface area contributed by atoms with Crippen LogP contribution < -0.4 is 10.6 Å². The van der Waals surface area contributed by atoms with Crippen molar-refractivity contribution in [1.82, 2.24) is 25.2 Å². The number of fused-ring (bicyclic) bond motifs is 1. The molecule has 12 heteroatoms. The Morgan fingerprint density at radius 2 is 1.83 bits per heavy atom. The quantitative estimate of drug-likeness (QED) is 0.259. The Morgan fingerprint density at radius 3 is 2.51 bits per heavy atom. The molecule has 2 aromatic carbocycles. The summed E-state index contributed by atoms with van der Waals surface area (Å²) in [5.74, 6) is -2.03. The highest BCUT2D eigenvalue weighted by Crippen LogP contribution is 2.34. The second-order valence-corrected chi connectivity index (χ2v) is 10.9. The number of aromatic hydroxyl groups is 1. The molecular weight excluding hydrogens is 534 g/mol. The number of likely N-dealkylation sites (tertiary alicyclic amines) is 1. The van der Waals surface area contributed by atoms with E-state index in [-0.39, 0.29) is 52.4 Å². The standard InChI is InChI=1S/C29H30F2N6O4/c1-29(2,3)41-28(40)37-12-11-18(15-37)33-22(38)13-16-7-9-17(10-8-16)34-26-24-21(14-32-27(24)39)35-25(36-26)23-19(30)5-4-6-20(23)31/h4-10,14,18,32,39H,11-13,15H2,1-3H3,(H,33,38)(H,34,35,36). The summed E-state index contributed by atoms with van der Waals surface area (Å²) in [5, 5.41) is 16.6. The van der Waals surface area contributed by atoms with Gasteiger partial charge in [0.25, 0.3) is 0 Å². The van der Waals surface area contributed by atoms with Crippen LogP contribution in [0.25, 0.3) is 22.3 Å². The lowest BCUT2D eigenvalue weighted by atomic mass is 10.1. The van der Waals surface area contributed by atoms with Crippen LogP contribution in [-0.2, 0) is 16.0 Å². The van der Waals surface area contributed by atoms with Crippen molar-refractivity contribution in [2.24, 2.45) is 0 Å². The Bertz CT molecular complexity index is 1580. The number of ether oxygens (including phenoxy) is 1. The highest BCUT2D eigenvalue weighted by Gasteiger charge is 2.30.